The smallest absolute Gasteiger partial charge is 0.159 e. The summed E-state index contributed by atoms with van der Waals surface area (Å²) in [6, 6.07) is 4.38. The fourth-order valence-electron chi connectivity index (χ4n) is 3.08. The largest absolute Gasteiger partial charge is 0.302 e. The van der Waals surface area contributed by atoms with Crippen LogP contribution in [0.15, 0.2) is 18.2 Å². The Kier molecular flexibility index (Phi) is 2.08. The SMILES string of the molecule is CCN1CC2CC2(c2ccc(F)c(F)c2)C1. The maximum atomic E-state index is 13.2. The zero-order valence-electron chi connectivity index (χ0n) is 9.34. The average molecular weight is 223 g/mol. The van der Waals surface area contributed by atoms with Crippen molar-refractivity contribution in [3.63, 3.8) is 0 Å². The predicted molar refractivity (Wildman–Crippen MR) is 58.3 cm³/mol. The molecule has 0 N–H and O–H groups in total. The fourth-order valence-corrected chi connectivity index (χ4v) is 3.08. The lowest BCUT2D eigenvalue weighted by molar-refractivity contribution is 0.314. The number of likely N-dealkylation sites (tertiary alicyclic amines) is 1. The van der Waals surface area contributed by atoms with Crippen molar-refractivity contribution in [2.75, 3.05) is 19.6 Å². The van der Waals surface area contributed by atoms with Crippen molar-refractivity contribution < 1.29 is 8.78 Å². The molecule has 1 heterocycles. The lowest BCUT2D eigenvalue weighted by Gasteiger charge is -2.19. The van der Waals surface area contributed by atoms with Crippen molar-refractivity contribution in [1.82, 2.24) is 4.90 Å². The minimum absolute atomic E-state index is 0.130. The van der Waals surface area contributed by atoms with Crippen molar-refractivity contribution in [3.8, 4) is 0 Å². The lowest BCUT2D eigenvalue weighted by atomic mass is 9.95. The molecule has 3 heteroatoms. The fraction of sp³-hybridized carbons (Fsp3) is 0.538. The summed E-state index contributed by atoms with van der Waals surface area (Å²) in [5, 5.41) is 0. The molecule has 0 radical (unpaired) electrons. The first-order valence-electron chi connectivity index (χ1n) is 5.83. The van der Waals surface area contributed by atoms with Crippen LogP contribution < -0.4 is 0 Å². The zero-order valence-corrected chi connectivity index (χ0v) is 9.34. The number of rotatable bonds is 2. The Bertz CT molecular complexity index is 432. The molecular weight excluding hydrogens is 208 g/mol. The van der Waals surface area contributed by atoms with E-state index in [1.165, 1.54) is 12.1 Å². The van der Waals surface area contributed by atoms with Crippen LogP contribution in [0.25, 0.3) is 0 Å². The number of hydrogen-bond acceptors (Lipinski definition) is 1. The first-order chi connectivity index (χ1) is 7.65. The molecule has 86 valence electrons. The second kappa shape index (κ2) is 3.27. The van der Waals surface area contributed by atoms with Gasteiger partial charge in [-0.05, 0) is 36.6 Å². The summed E-state index contributed by atoms with van der Waals surface area (Å²) in [4.78, 5) is 2.38. The van der Waals surface area contributed by atoms with Crippen LogP contribution in [-0.4, -0.2) is 24.5 Å². The van der Waals surface area contributed by atoms with E-state index < -0.39 is 11.6 Å². The van der Waals surface area contributed by atoms with Gasteiger partial charge in [-0.1, -0.05) is 13.0 Å². The summed E-state index contributed by atoms with van der Waals surface area (Å²) < 4.78 is 26.1. The highest BCUT2D eigenvalue weighted by Crippen LogP contribution is 2.58. The molecular formula is C13H15F2N. The van der Waals surface area contributed by atoms with Gasteiger partial charge in [0, 0.05) is 18.5 Å². The maximum absolute atomic E-state index is 13.2. The van der Waals surface area contributed by atoms with Gasteiger partial charge in [-0.15, -0.1) is 0 Å². The monoisotopic (exact) mass is 223 g/mol. The van der Waals surface area contributed by atoms with Gasteiger partial charge in [0.2, 0.25) is 0 Å². The zero-order chi connectivity index (χ0) is 11.3. The van der Waals surface area contributed by atoms with E-state index in [0.29, 0.717) is 5.92 Å². The first-order valence-corrected chi connectivity index (χ1v) is 5.83. The Labute approximate surface area is 94.1 Å². The van der Waals surface area contributed by atoms with Gasteiger partial charge in [0.25, 0.3) is 0 Å². The van der Waals surface area contributed by atoms with Crippen LogP contribution in [0.3, 0.4) is 0 Å². The van der Waals surface area contributed by atoms with Crippen LogP contribution in [0, 0.1) is 17.6 Å². The van der Waals surface area contributed by atoms with Gasteiger partial charge in [-0.3, -0.25) is 0 Å². The summed E-state index contributed by atoms with van der Waals surface area (Å²) in [6.07, 6.45) is 1.13. The Morgan fingerprint density at radius 2 is 2.19 bits per heavy atom. The Hall–Kier alpha value is -0.960. The van der Waals surface area contributed by atoms with E-state index in [0.717, 1.165) is 31.6 Å². The van der Waals surface area contributed by atoms with E-state index >= 15 is 0 Å². The van der Waals surface area contributed by atoms with Gasteiger partial charge < -0.3 is 4.90 Å². The number of likely N-dealkylation sites (N-methyl/N-ethyl adjacent to an activating group) is 1. The molecule has 2 fully saturated rings. The summed E-state index contributed by atoms with van der Waals surface area (Å²) in [5.74, 6) is -0.813. The lowest BCUT2D eigenvalue weighted by Crippen LogP contribution is -2.26. The van der Waals surface area contributed by atoms with Gasteiger partial charge >= 0.3 is 0 Å². The second-order valence-electron chi connectivity index (χ2n) is 5.01. The summed E-state index contributed by atoms with van der Waals surface area (Å²) >= 11 is 0. The van der Waals surface area contributed by atoms with Gasteiger partial charge in [0.05, 0.1) is 0 Å². The van der Waals surface area contributed by atoms with Crippen LogP contribution in [0.1, 0.15) is 18.9 Å². The molecule has 0 aromatic heterocycles. The average Bonchev–Trinajstić information content (AvgIpc) is 2.86. The molecule has 0 bridgehead atoms. The van der Waals surface area contributed by atoms with Crippen LogP contribution in [0.4, 0.5) is 8.78 Å². The van der Waals surface area contributed by atoms with Gasteiger partial charge in [0.1, 0.15) is 0 Å². The van der Waals surface area contributed by atoms with E-state index in [-0.39, 0.29) is 5.41 Å². The topological polar surface area (TPSA) is 3.24 Å². The number of halogens is 2. The van der Waals surface area contributed by atoms with E-state index in [2.05, 4.69) is 11.8 Å². The highest BCUT2D eigenvalue weighted by molar-refractivity contribution is 5.37. The second-order valence-corrected chi connectivity index (χ2v) is 5.01. The summed E-state index contributed by atoms with van der Waals surface area (Å²) in [5.41, 5.74) is 1.11. The number of piperidine rings is 1. The first kappa shape index (κ1) is 10.2. The Balaban J connectivity index is 1.91. The minimum Gasteiger partial charge on any atom is -0.302 e. The molecule has 2 unspecified atom stereocenters. The number of fused-ring (bicyclic) bond motifs is 1. The quantitative estimate of drug-likeness (QED) is 0.744. The number of nitrogens with zero attached hydrogens (tertiary/aromatic N) is 1. The maximum Gasteiger partial charge on any atom is 0.159 e. The molecule has 1 aromatic carbocycles. The molecule has 16 heavy (non-hydrogen) atoms. The van der Waals surface area contributed by atoms with Crippen molar-refractivity contribution in [3.05, 3.63) is 35.4 Å². The van der Waals surface area contributed by atoms with E-state index in [1.807, 2.05) is 0 Å². The highest BCUT2D eigenvalue weighted by Gasteiger charge is 2.60. The molecule has 0 amide bonds. The predicted octanol–water partition coefficient (Wildman–Crippen LogP) is 2.56. The molecule has 3 rings (SSSR count). The molecule has 2 aliphatic rings. The normalized spacial score (nSPS) is 32.8. The van der Waals surface area contributed by atoms with E-state index in [9.17, 15) is 8.78 Å². The third-order valence-electron chi connectivity index (χ3n) is 4.16. The van der Waals surface area contributed by atoms with Gasteiger partial charge in [-0.25, -0.2) is 8.78 Å². The van der Waals surface area contributed by atoms with Gasteiger partial charge in [0.15, 0.2) is 11.6 Å². The third kappa shape index (κ3) is 1.31. The molecule has 1 saturated heterocycles. The number of benzene rings is 1. The van der Waals surface area contributed by atoms with Crippen LogP contribution in [0.5, 0.6) is 0 Å². The summed E-state index contributed by atoms with van der Waals surface area (Å²) in [7, 11) is 0. The van der Waals surface area contributed by atoms with Gasteiger partial charge in [-0.2, -0.15) is 0 Å². The van der Waals surface area contributed by atoms with Crippen molar-refractivity contribution >= 4 is 0 Å². The van der Waals surface area contributed by atoms with Crippen LogP contribution >= 0.6 is 0 Å². The molecule has 2 atom stereocenters. The minimum atomic E-state index is -0.748. The molecule has 1 aliphatic heterocycles. The van der Waals surface area contributed by atoms with Crippen LogP contribution in [-0.2, 0) is 5.41 Å². The van der Waals surface area contributed by atoms with Crippen molar-refractivity contribution in [1.29, 1.82) is 0 Å². The van der Waals surface area contributed by atoms with E-state index in [1.54, 1.807) is 6.07 Å². The van der Waals surface area contributed by atoms with Crippen LogP contribution in [0.2, 0.25) is 0 Å². The summed E-state index contributed by atoms with van der Waals surface area (Å²) in [6.45, 7) is 5.29. The Morgan fingerprint density at radius 3 is 2.81 bits per heavy atom. The molecule has 1 aliphatic carbocycles. The molecule has 1 aromatic rings. The molecule has 0 spiro atoms. The standard InChI is InChI=1S/C13H15F2N/c1-2-16-7-10-6-13(10,8-16)9-3-4-11(14)12(15)5-9/h3-5,10H,2,6-8H2,1H3. The Morgan fingerprint density at radius 1 is 1.38 bits per heavy atom. The van der Waals surface area contributed by atoms with Crippen molar-refractivity contribution in [2.45, 2.75) is 18.8 Å². The number of hydrogen-bond donors (Lipinski definition) is 0. The molecule has 1 saturated carbocycles. The highest BCUT2D eigenvalue weighted by atomic mass is 19.2. The van der Waals surface area contributed by atoms with E-state index in [4.69, 9.17) is 0 Å². The van der Waals surface area contributed by atoms with Crippen molar-refractivity contribution in [2.24, 2.45) is 5.92 Å². The third-order valence-corrected chi connectivity index (χ3v) is 4.16. The molecule has 1 nitrogen and oxygen atoms in total.